The minimum absolute atomic E-state index is 0.121. The highest BCUT2D eigenvalue weighted by Gasteiger charge is 2.38. The van der Waals surface area contributed by atoms with Crippen molar-refractivity contribution in [3.63, 3.8) is 0 Å². The number of aliphatic hydroxyl groups excluding tert-OH is 1. The number of fused-ring (bicyclic) bond motifs is 1. The maximum Gasteiger partial charge on any atom is 0.232 e. The van der Waals surface area contributed by atoms with E-state index in [0.29, 0.717) is 19.5 Å². The van der Waals surface area contributed by atoms with Crippen LogP contribution in [0.2, 0.25) is 0 Å². The van der Waals surface area contributed by atoms with E-state index in [0.717, 1.165) is 58.2 Å². The summed E-state index contributed by atoms with van der Waals surface area (Å²) < 4.78 is 1.07. The number of hydrogen-bond donors (Lipinski definition) is 2. The maximum atomic E-state index is 13.6. The molecule has 0 spiro atoms. The zero-order valence-corrected chi connectivity index (χ0v) is 20.0. The molecule has 2 aromatic rings. The molecule has 5 rings (SSSR count). The zero-order valence-electron chi connectivity index (χ0n) is 17.6. The van der Waals surface area contributed by atoms with Gasteiger partial charge in [0.15, 0.2) is 0 Å². The van der Waals surface area contributed by atoms with E-state index in [9.17, 15) is 9.90 Å². The standard InChI is InChI=1S/C22H28BrN5O2S/c1-13-11-15(29)20-18(13)21(26-12-25-20)27-7-9-28(10-8-27)22(30)19(14-3-2-6-24-14)16-4-5-17(23)31-16/h4-5,12-15,19,24,29H,2-3,6-11H2,1H3/t13-,14+,15-,19-/m1/s1. The normalized spacial score (nSPS) is 26.9. The van der Waals surface area contributed by atoms with Crippen molar-refractivity contribution in [3.8, 4) is 0 Å². The second-order valence-electron chi connectivity index (χ2n) is 8.78. The molecule has 1 amide bonds. The quantitative estimate of drug-likeness (QED) is 0.664. The Balaban J connectivity index is 1.32. The highest BCUT2D eigenvalue weighted by Crippen LogP contribution is 2.43. The predicted octanol–water partition coefficient (Wildman–Crippen LogP) is 3.03. The molecule has 166 valence electrons. The zero-order chi connectivity index (χ0) is 21.5. The number of carbonyl (C=O) groups excluding carboxylic acids is 1. The Morgan fingerprint density at radius 1 is 1.29 bits per heavy atom. The van der Waals surface area contributed by atoms with Crippen LogP contribution < -0.4 is 10.2 Å². The lowest BCUT2D eigenvalue weighted by molar-refractivity contribution is -0.133. The molecule has 9 heteroatoms. The Hall–Kier alpha value is -1.55. The van der Waals surface area contributed by atoms with Gasteiger partial charge in [-0.2, -0.15) is 0 Å². The first-order valence-corrected chi connectivity index (χ1v) is 12.7. The number of rotatable bonds is 4. The minimum atomic E-state index is -0.501. The summed E-state index contributed by atoms with van der Waals surface area (Å²) in [6.45, 7) is 5.97. The van der Waals surface area contributed by atoms with Crippen LogP contribution >= 0.6 is 27.3 Å². The van der Waals surface area contributed by atoms with Crippen molar-refractivity contribution in [1.29, 1.82) is 0 Å². The van der Waals surface area contributed by atoms with Crippen LogP contribution in [0.5, 0.6) is 0 Å². The fourth-order valence-corrected chi connectivity index (χ4v) is 6.86. The molecule has 2 N–H and O–H groups in total. The van der Waals surface area contributed by atoms with E-state index in [2.05, 4.69) is 49.1 Å². The Morgan fingerprint density at radius 2 is 2.10 bits per heavy atom. The lowest BCUT2D eigenvalue weighted by Crippen LogP contribution is -2.52. The lowest BCUT2D eigenvalue weighted by Gasteiger charge is -2.38. The number of halogens is 1. The number of aliphatic hydroxyl groups is 1. The van der Waals surface area contributed by atoms with Crippen molar-refractivity contribution in [2.45, 2.75) is 50.2 Å². The number of thiophene rings is 1. The van der Waals surface area contributed by atoms with Crippen LogP contribution in [0.15, 0.2) is 22.2 Å². The summed E-state index contributed by atoms with van der Waals surface area (Å²) in [7, 11) is 0. The van der Waals surface area contributed by atoms with E-state index in [1.807, 2.05) is 11.0 Å². The summed E-state index contributed by atoms with van der Waals surface area (Å²) in [5.41, 5.74) is 1.85. The third-order valence-corrected chi connectivity index (χ3v) is 8.54. The molecule has 0 aromatic carbocycles. The first-order valence-electron chi connectivity index (χ1n) is 11.1. The molecule has 3 aliphatic rings. The van der Waals surface area contributed by atoms with Crippen LogP contribution in [0, 0.1) is 0 Å². The van der Waals surface area contributed by atoms with Crippen molar-refractivity contribution in [1.82, 2.24) is 20.2 Å². The number of nitrogens with one attached hydrogen (secondary N) is 1. The van der Waals surface area contributed by atoms with E-state index in [-0.39, 0.29) is 23.8 Å². The summed E-state index contributed by atoms with van der Waals surface area (Å²) in [6.07, 6.45) is 3.92. The molecule has 1 aliphatic carbocycles. The monoisotopic (exact) mass is 505 g/mol. The summed E-state index contributed by atoms with van der Waals surface area (Å²) >= 11 is 5.22. The maximum absolute atomic E-state index is 13.6. The minimum Gasteiger partial charge on any atom is -0.387 e. The second-order valence-corrected chi connectivity index (χ2v) is 11.3. The second kappa shape index (κ2) is 8.77. The first kappa shape index (κ1) is 21.3. The van der Waals surface area contributed by atoms with Gasteiger partial charge in [-0.25, -0.2) is 9.97 Å². The van der Waals surface area contributed by atoms with Crippen molar-refractivity contribution in [2.24, 2.45) is 0 Å². The van der Waals surface area contributed by atoms with Gasteiger partial charge in [-0.3, -0.25) is 4.79 Å². The van der Waals surface area contributed by atoms with Crippen LogP contribution in [0.25, 0.3) is 0 Å². The van der Waals surface area contributed by atoms with Gasteiger partial charge in [-0.05, 0) is 59.8 Å². The van der Waals surface area contributed by atoms with Crippen LogP contribution in [0.3, 0.4) is 0 Å². The van der Waals surface area contributed by atoms with Gasteiger partial charge in [-0.1, -0.05) is 6.92 Å². The van der Waals surface area contributed by atoms with Crippen molar-refractivity contribution in [3.05, 3.63) is 38.4 Å². The van der Waals surface area contributed by atoms with Gasteiger partial charge in [0.2, 0.25) is 5.91 Å². The van der Waals surface area contributed by atoms with Crippen molar-refractivity contribution in [2.75, 3.05) is 37.6 Å². The fraction of sp³-hybridized carbons (Fsp3) is 0.591. The van der Waals surface area contributed by atoms with E-state index >= 15 is 0 Å². The average molecular weight is 506 g/mol. The molecule has 2 saturated heterocycles. The fourth-order valence-electron chi connectivity index (χ4n) is 5.27. The summed E-state index contributed by atoms with van der Waals surface area (Å²) in [4.78, 5) is 27.9. The molecule has 0 bridgehead atoms. The molecule has 2 aliphatic heterocycles. The van der Waals surface area contributed by atoms with E-state index in [4.69, 9.17) is 0 Å². The third-order valence-electron chi connectivity index (χ3n) is 6.84. The SMILES string of the molecule is C[C@@H]1C[C@@H](O)c2ncnc(N3CCN(C(=O)[C@@H](c4ccc(Br)s4)[C@@H]4CCCN4)CC3)c21. The van der Waals surface area contributed by atoms with Gasteiger partial charge in [0, 0.05) is 42.7 Å². The lowest BCUT2D eigenvalue weighted by atomic mass is 9.94. The van der Waals surface area contributed by atoms with Gasteiger partial charge in [0.05, 0.1) is 21.5 Å². The van der Waals surface area contributed by atoms with E-state index in [1.165, 1.54) is 0 Å². The number of amides is 1. The molecule has 0 unspecified atom stereocenters. The molecule has 7 nitrogen and oxygen atoms in total. The van der Waals surface area contributed by atoms with Crippen LogP contribution in [0.4, 0.5) is 5.82 Å². The Labute approximate surface area is 195 Å². The number of hydrogen-bond acceptors (Lipinski definition) is 7. The first-order chi connectivity index (χ1) is 15.0. The summed E-state index contributed by atoms with van der Waals surface area (Å²) in [5.74, 6) is 1.28. The molecule has 2 fully saturated rings. The number of carbonyl (C=O) groups is 1. The van der Waals surface area contributed by atoms with Gasteiger partial charge >= 0.3 is 0 Å². The van der Waals surface area contributed by atoms with Crippen molar-refractivity contribution < 1.29 is 9.90 Å². The third kappa shape index (κ3) is 4.01. The average Bonchev–Trinajstić information content (AvgIpc) is 3.51. The Bertz CT molecular complexity index is 955. The highest BCUT2D eigenvalue weighted by atomic mass is 79.9. The van der Waals surface area contributed by atoms with Crippen LogP contribution in [-0.4, -0.2) is 64.6 Å². The molecule has 4 atom stereocenters. The molecular formula is C22H28BrN5O2S. The van der Waals surface area contributed by atoms with Crippen LogP contribution in [-0.2, 0) is 4.79 Å². The van der Waals surface area contributed by atoms with Crippen molar-refractivity contribution >= 4 is 39.0 Å². The largest absolute Gasteiger partial charge is 0.387 e. The van der Waals surface area contributed by atoms with E-state index in [1.54, 1.807) is 17.7 Å². The Morgan fingerprint density at radius 3 is 2.77 bits per heavy atom. The number of nitrogens with zero attached hydrogens (tertiary/aromatic N) is 4. The van der Waals surface area contributed by atoms with Gasteiger partial charge in [0.1, 0.15) is 12.1 Å². The smallest absolute Gasteiger partial charge is 0.232 e. The Kier molecular flexibility index (Phi) is 6.02. The summed E-state index contributed by atoms with van der Waals surface area (Å²) in [6, 6.07) is 4.34. The number of aromatic nitrogens is 2. The van der Waals surface area contributed by atoms with Gasteiger partial charge in [-0.15, -0.1) is 11.3 Å². The topological polar surface area (TPSA) is 81.6 Å². The molecule has 0 radical (unpaired) electrons. The number of piperazine rings is 1. The molecular weight excluding hydrogens is 478 g/mol. The highest BCUT2D eigenvalue weighted by molar-refractivity contribution is 9.11. The summed E-state index contributed by atoms with van der Waals surface area (Å²) in [5, 5.41) is 13.8. The predicted molar refractivity (Wildman–Crippen MR) is 125 cm³/mol. The van der Waals surface area contributed by atoms with Gasteiger partial charge < -0.3 is 20.2 Å². The van der Waals surface area contributed by atoms with Crippen LogP contribution in [0.1, 0.15) is 60.3 Å². The molecule has 31 heavy (non-hydrogen) atoms. The van der Waals surface area contributed by atoms with Gasteiger partial charge in [0.25, 0.3) is 0 Å². The molecule has 0 saturated carbocycles. The molecule has 2 aromatic heterocycles. The number of anilines is 1. The molecule has 4 heterocycles. The van der Waals surface area contributed by atoms with E-state index < -0.39 is 6.10 Å².